The van der Waals surface area contributed by atoms with E-state index in [0.29, 0.717) is 45.3 Å². The molecule has 3 heterocycles. The van der Waals surface area contributed by atoms with E-state index in [1.165, 1.54) is 4.90 Å². The van der Waals surface area contributed by atoms with Crippen LogP contribution >= 0.6 is 0 Å². The van der Waals surface area contributed by atoms with Gasteiger partial charge in [-0.1, -0.05) is 0 Å². The highest BCUT2D eigenvalue weighted by Crippen LogP contribution is 2.41. The molecule has 1 spiro atoms. The Balaban J connectivity index is 1.67. The van der Waals surface area contributed by atoms with Crippen molar-refractivity contribution in [2.24, 2.45) is 5.41 Å². The Morgan fingerprint density at radius 3 is 2.69 bits per heavy atom. The minimum Gasteiger partial charge on any atom is -0.383 e. The van der Waals surface area contributed by atoms with E-state index in [2.05, 4.69) is 4.98 Å². The average molecular weight is 367 g/mol. The molecule has 6 nitrogen and oxygen atoms in total. The predicted molar refractivity (Wildman–Crippen MR) is 89.4 cm³/mol. The Kier molecular flexibility index (Phi) is 5.50. The number of carbonyl (C=O) groups is 2. The second-order valence-corrected chi connectivity index (χ2v) is 6.95. The van der Waals surface area contributed by atoms with Gasteiger partial charge in [-0.05, 0) is 25.7 Å². The van der Waals surface area contributed by atoms with E-state index in [1.807, 2.05) is 4.90 Å². The Bertz CT molecular complexity index is 690. The van der Waals surface area contributed by atoms with Gasteiger partial charge in [0.05, 0.1) is 23.8 Å². The van der Waals surface area contributed by atoms with Gasteiger partial charge in [-0.15, -0.1) is 0 Å². The molecule has 1 aromatic rings. The number of carbonyl (C=O) groups excluding carboxylic acids is 2. The van der Waals surface area contributed by atoms with E-state index < -0.39 is 23.1 Å². The van der Waals surface area contributed by atoms with Crippen LogP contribution in [0.3, 0.4) is 0 Å². The van der Waals surface area contributed by atoms with E-state index in [9.17, 15) is 18.4 Å². The minimum absolute atomic E-state index is 0.119. The van der Waals surface area contributed by atoms with Crippen molar-refractivity contribution in [1.82, 2.24) is 14.8 Å². The van der Waals surface area contributed by atoms with Gasteiger partial charge in [-0.3, -0.25) is 9.59 Å². The number of aromatic nitrogens is 1. The number of methoxy groups -OCH3 is 1. The van der Waals surface area contributed by atoms with E-state index in [1.54, 1.807) is 7.11 Å². The quantitative estimate of drug-likeness (QED) is 0.762. The fourth-order valence-corrected chi connectivity index (χ4v) is 3.92. The van der Waals surface area contributed by atoms with Crippen LogP contribution in [0, 0.1) is 17.2 Å². The average Bonchev–Trinajstić information content (AvgIpc) is 2.65. The van der Waals surface area contributed by atoms with Crippen LogP contribution in [0.15, 0.2) is 12.3 Å². The summed E-state index contributed by atoms with van der Waals surface area (Å²) in [5.74, 6) is -2.16. The van der Waals surface area contributed by atoms with Gasteiger partial charge in [0.1, 0.15) is 0 Å². The second kappa shape index (κ2) is 7.65. The lowest BCUT2D eigenvalue weighted by molar-refractivity contribution is -0.150. The topological polar surface area (TPSA) is 62.7 Å². The molecule has 142 valence electrons. The molecular formula is C18H23F2N3O3. The van der Waals surface area contributed by atoms with Crippen LogP contribution in [0.5, 0.6) is 0 Å². The molecule has 0 aliphatic carbocycles. The summed E-state index contributed by atoms with van der Waals surface area (Å²) in [5, 5.41) is 0. The largest absolute Gasteiger partial charge is 0.383 e. The lowest BCUT2D eigenvalue weighted by Crippen LogP contribution is -2.54. The summed E-state index contributed by atoms with van der Waals surface area (Å²) in [6.45, 7) is 2.51. The van der Waals surface area contributed by atoms with Crippen LogP contribution in [0.2, 0.25) is 0 Å². The SMILES string of the molecule is COCCN1CCCC2(CCN(C(=O)c3cc(F)ncc3F)CC2)C1=O. The molecule has 0 unspecified atom stereocenters. The van der Waals surface area contributed by atoms with Crippen LogP contribution in [0.25, 0.3) is 0 Å². The molecule has 2 fully saturated rings. The highest BCUT2D eigenvalue weighted by molar-refractivity contribution is 5.94. The number of hydrogen-bond donors (Lipinski definition) is 0. The van der Waals surface area contributed by atoms with Crippen molar-refractivity contribution in [2.75, 3.05) is 39.9 Å². The van der Waals surface area contributed by atoms with Gasteiger partial charge >= 0.3 is 0 Å². The molecule has 26 heavy (non-hydrogen) atoms. The van der Waals surface area contributed by atoms with Crippen LogP contribution in [0.1, 0.15) is 36.0 Å². The normalized spacial score (nSPS) is 19.9. The number of amides is 2. The molecule has 0 atom stereocenters. The van der Waals surface area contributed by atoms with Crippen LogP contribution in [-0.2, 0) is 9.53 Å². The van der Waals surface area contributed by atoms with E-state index in [4.69, 9.17) is 4.74 Å². The molecule has 0 aromatic carbocycles. The number of nitrogens with zero attached hydrogens (tertiary/aromatic N) is 3. The summed E-state index contributed by atoms with van der Waals surface area (Å²) in [4.78, 5) is 31.9. The van der Waals surface area contributed by atoms with E-state index in [0.717, 1.165) is 25.5 Å². The number of pyridine rings is 1. The first kappa shape index (κ1) is 18.7. The third kappa shape index (κ3) is 3.56. The number of hydrogen-bond acceptors (Lipinski definition) is 4. The highest BCUT2D eigenvalue weighted by atomic mass is 19.1. The molecule has 1 aromatic heterocycles. The Labute approximate surface area is 151 Å². The van der Waals surface area contributed by atoms with Crippen LogP contribution < -0.4 is 0 Å². The summed E-state index contributed by atoms with van der Waals surface area (Å²) < 4.78 is 32.1. The zero-order valence-electron chi connectivity index (χ0n) is 14.8. The molecule has 2 aliphatic rings. The molecule has 0 radical (unpaired) electrons. The fourth-order valence-electron chi connectivity index (χ4n) is 3.92. The lowest BCUT2D eigenvalue weighted by Gasteiger charge is -2.46. The van der Waals surface area contributed by atoms with Crippen molar-refractivity contribution < 1.29 is 23.1 Å². The first-order valence-corrected chi connectivity index (χ1v) is 8.85. The number of halogens is 2. The van der Waals surface area contributed by atoms with E-state index in [-0.39, 0.29) is 11.5 Å². The summed E-state index contributed by atoms with van der Waals surface area (Å²) >= 11 is 0. The Hall–Kier alpha value is -2.09. The standard InChI is InChI=1S/C18H23F2N3O3/c1-26-10-9-23-6-2-3-18(17(23)25)4-7-22(8-5-18)16(24)13-11-15(20)21-12-14(13)19/h11-12H,2-10H2,1H3. The van der Waals surface area contributed by atoms with Gasteiger partial charge in [0.2, 0.25) is 11.9 Å². The monoisotopic (exact) mass is 367 g/mol. The molecule has 8 heteroatoms. The van der Waals surface area contributed by atoms with Gasteiger partial charge in [0.15, 0.2) is 5.82 Å². The summed E-state index contributed by atoms with van der Waals surface area (Å²) in [6.07, 6.45) is 3.52. The second-order valence-electron chi connectivity index (χ2n) is 6.95. The number of likely N-dealkylation sites (tertiary alicyclic amines) is 2. The molecule has 2 saturated heterocycles. The molecule has 0 bridgehead atoms. The zero-order chi connectivity index (χ0) is 18.7. The number of piperidine rings is 2. The molecule has 2 amide bonds. The third-order valence-electron chi connectivity index (χ3n) is 5.45. The molecule has 3 rings (SSSR count). The van der Waals surface area contributed by atoms with Crippen LogP contribution in [-0.4, -0.2) is 66.5 Å². The Morgan fingerprint density at radius 2 is 2.00 bits per heavy atom. The number of rotatable bonds is 4. The van der Waals surface area contributed by atoms with Gasteiger partial charge in [0.25, 0.3) is 5.91 Å². The fraction of sp³-hybridized carbons (Fsp3) is 0.611. The van der Waals surface area contributed by atoms with Gasteiger partial charge < -0.3 is 14.5 Å². The van der Waals surface area contributed by atoms with Crippen molar-refractivity contribution in [2.45, 2.75) is 25.7 Å². The zero-order valence-corrected chi connectivity index (χ0v) is 14.8. The van der Waals surface area contributed by atoms with Crippen molar-refractivity contribution in [3.05, 3.63) is 29.6 Å². The number of ether oxygens (including phenoxy) is 1. The van der Waals surface area contributed by atoms with Crippen molar-refractivity contribution in [3.63, 3.8) is 0 Å². The third-order valence-corrected chi connectivity index (χ3v) is 5.45. The Morgan fingerprint density at radius 1 is 1.27 bits per heavy atom. The highest BCUT2D eigenvalue weighted by Gasteiger charge is 2.46. The van der Waals surface area contributed by atoms with Crippen LogP contribution in [0.4, 0.5) is 8.78 Å². The maximum atomic E-state index is 13.8. The van der Waals surface area contributed by atoms with Gasteiger partial charge in [-0.25, -0.2) is 9.37 Å². The minimum atomic E-state index is -0.889. The predicted octanol–water partition coefficient (Wildman–Crippen LogP) is 1.85. The van der Waals surface area contributed by atoms with Crippen molar-refractivity contribution >= 4 is 11.8 Å². The molecular weight excluding hydrogens is 344 g/mol. The lowest BCUT2D eigenvalue weighted by atomic mass is 9.71. The molecule has 0 saturated carbocycles. The van der Waals surface area contributed by atoms with Gasteiger partial charge in [0, 0.05) is 39.4 Å². The maximum Gasteiger partial charge on any atom is 0.257 e. The first-order valence-electron chi connectivity index (χ1n) is 8.85. The summed E-state index contributed by atoms with van der Waals surface area (Å²) in [7, 11) is 1.61. The first-order chi connectivity index (χ1) is 12.5. The molecule has 2 aliphatic heterocycles. The summed E-state index contributed by atoms with van der Waals surface area (Å²) in [5.41, 5.74) is -0.768. The van der Waals surface area contributed by atoms with Gasteiger partial charge in [-0.2, -0.15) is 4.39 Å². The van der Waals surface area contributed by atoms with Crippen molar-refractivity contribution in [1.29, 1.82) is 0 Å². The van der Waals surface area contributed by atoms with E-state index >= 15 is 0 Å². The smallest absolute Gasteiger partial charge is 0.257 e. The maximum absolute atomic E-state index is 13.8. The van der Waals surface area contributed by atoms with Crippen molar-refractivity contribution in [3.8, 4) is 0 Å². The summed E-state index contributed by atoms with van der Waals surface area (Å²) in [6, 6.07) is 0.820. The molecule has 0 N–H and O–H groups in total.